The Morgan fingerprint density at radius 2 is 1.59 bits per heavy atom. The molecule has 0 aliphatic heterocycles. The van der Waals surface area contributed by atoms with E-state index in [-0.39, 0.29) is 0 Å². The van der Waals surface area contributed by atoms with E-state index in [1.54, 1.807) is 7.05 Å². The second-order valence-corrected chi connectivity index (χ2v) is 9.69. The van der Waals surface area contributed by atoms with E-state index in [0.717, 1.165) is 5.56 Å². The largest absolute Gasteiger partial charge is 0.387 e. The van der Waals surface area contributed by atoms with Crippen molar-refractivity contribution in [3.63, 3.8) is 0 Å². The van der Waals surface area contributed by atoms with E-state index in [2.05, 4.69) is 10.4 Å². The average molecular weight is 384 g/mol. The van der Waals surface area contributed by atoms with E-state index in [1.165, 1.54) is 32.1 Å². The maximum absolute atomic E-state index is 14.0. The van der Waals surface area contributed by atoms with Crippen LogP contribution in [0, 0.1) is 5.92 Å². The highest BCUT2D eigenvalue weighted by atomic mass is 32.2. The van der Waals surface area contributed by atoms with Gasteiger partial charge in [-0.15, -0.1) is 0 Å². The third-order valence-corrected chi connectivity index (χ3v) is 8.04. The third kappa shape index (κ3) is 4.69. The summed E-state index contributed by atoms with van der Waals surface area (Å²) < 4.78 is 18.3. The molecular weight excluding hydrogens is 354 g/mol. The zero-order valence-corrected chi connectivity index (χ0v) is 16.7. The van der Waals surface area contributed by atoms with Crippen LogP contribution in [0.25, 0.3) is 0 Å². The molecule has 1 N–H and O–H groups in total. The molecule has 1 fully saturated rings. The highest BCUT2D eigenvalue weighted by Crippen LogP contribution is 2.32. The van der Waals surface area contributed by atoms with Gasteiger partial charge in [0.1, 0.15) is 0 Å². The lowest BCUT2D eigenvalue weighted by Gasteiger charge is -2.25. The van der Waals surface area contributed by atoms with Crippen LogP contribution in [0.5, 0.6) is 0 Å². The van der Waals surface area contributed by atoms with E-state index < -0.39 is 21.1 Å². The second-order valence-electron chi connectivity index (χ2n) is 7.17. The normalized spacial score (nSPS) is 20.1. The molecule has 2 aromatic carbocycles. The van der Waals surface area contributed by atoms with Gasteiger partial charge in [0.2, 0.25) is 0 Å². The van der Waals surface area contributed by atoms with Crippen molar-refractivity contribution in [2.24, 2.45) is 10.3 Å². The van der Waals surface area contributed by atoms with Crippen molar-refractivity contribution in [2.45, 2.75) is 48.4 Å². The third-order valence-electron chi connectivity index (χ3n) is 5.40. The lowest BCUT2D eigenvalue weighted by Crippen LogP contribution is -2.27. The molecule has 0 radical (unpaired) electrons. The summed E-state index contributed by atoms with van der Waals surface area (Å²) in [6.07, 6.45) is 9.38. The van der Waals surface area contributed by atoms with E-state index in [9.17, 15) is 9.32 Å². The molecule has 1 aliphatic carbocycles. The summed E-state index contributed by atoms with van der Waals surface area (Å²) in [6.45, 7) is 0. The molecule has 4 heteroatoms. The monoisotopic (exact) mass is 383 g/mol. The molecule has 0 heterocycles. The van der Waals surface area contributed by atoms with Gasteiger partial charge in [-0.1, -0.05) is 79.9 Å². The fourth-order valence-electron chi connectivity index (χ4n) is 3.82. The van der Waals surface area contributed by atoms with Gasteiger partial charge in [0.05, 0.1) is 21.1 Å². The molecule has 3 atom stereocenters. The lowest BCUT2D eigenvalue weighted by molar-refractivity contribution is 0.184. The maximum atomic E-state index is 14.0. The predicted octanol–water partition coefficient (Wildman–Crippen LogP) is 5.38. The summed E-state index contributed by atoms with van der Waals surface area (Å²) in [6, 6.07) is 18.8. The first-order valence-corrected chi connectivity index (χ1v) is 11.3. The second kappa shape index (κ2) is 9.34. The summed E-state index contributed by atoms with van der Waals surface area (Å²) in [5.41, 5.74) is 0.767. The van der Waals surface area contributed by atoms with Gasteiger partial charge in [0.15, 0.2) is 0 Å². The van der Waals surface area contributed by atoms with Gasteiger partial charge in [0.25, 0.3) is 0 Å². The topological polar surface area (TPSA) is 49.7 Å². The van der Waals surface area contributed by atoms with Gasteiger partial charge < -0.3 is 5.11 Å². The minimum Gasteiger partial charge on any atom is -0.387 e. The van der Waals surface area contributed by atoms with Crippen LogP contribution in [-0.4, -0.2) is 21.6 Å². The van der Waals surface area contributed by atoms with Gasteiger partial charge in [0, 0.05) is 11.9 Å². The summed E-state index contributed by atoms with van der Waals surface area (Å²) in [5, 5.41) is 10.6. The molecule has 0 saturated heterocycles. The zero-order valence-electron chi connectivity index (χ0n) is 15.9. The van der Waals surface area contributed by atoms with Crippen molar-refractivity contribution in [1.82, 2.24) is 0 Å². The molecule has 0 spiro atoms. The Balaban J connectivity index is 2.00. The number of aliphatic hydroxyl groups excluding tert-OH is 1. The van der Waals surface area contributed by atoms with Crippen LogP contribution in [-0.2, 0) is 9.73 Å². The molecule has 0 amide bonds. The van der Waals surface area contributed by atoms with Crippen LogP contribution < -0.4 is 0 Å². The minimum absolute atomic E-state index is 0.500. The van der Waals surface area contributed by atoms with Crippen molar-refractivity contribution < 1.29 is 9.32 Å². The van der Waals surface area contributed by atoms with Crippen LogP contribution in [0.3, 0.4) is 0 Å². The molecule has 3 nitrogen and oxygen atoms in total. The molecule has 0 aromatic heterocycles. The van der Waals surface area contributed by atoms with E-state index >= 15 is 0 Å². The van der Waals surface area contributed by atoms with Crippen LogP contribution in [0.2, 0.25) is 0 Å². The van der Waals surface area contributed by atoms with Crippen molar-refractivity contribution in [3.05, 3.63) is 78.4 Å². The fourth-order valence-corrected chi connectivity index (χ4v) is 5.95. The summed E-state index contributed by atoms with van der Waals surface area (Å²) in [5.74, 6) is 0.500. The Bertz CT molecular complexity index is 848. The minimum atomic E-state index is -2.81. The highest BCUT2D eigenvalue weighted by molar-refractivity contribution is 7.94. The van der Waals surface area contributed by atoms with E-state index in [0.29, 0.717) is 10.8 Å². The number of benzene rings is 2. The Morgan fingerprint density at radius 3 is 2.19 bits per heavy atom. The number of aliphatic hydroxyl groups is 1. The summed E-state index contributed by atoms with van der Waals surface area (Å²) in [4.78, 5) is 0.667. The van der Waals surface area contributed by atoms with Gasteiger partial charge in [-0.25, -0.2) is 8.57 Å². The van der Waals surface area contributed by atoms with Crippen LogP contribution in [0.15, 0.2) is 82.1 Å². The van der Waals surface area contributed by atoms with Gasteiger partial charge in [-0.2, -0.15) is 0 Å². The maximum Gasteiger partial charge on any atom is 0.0980 e. The van der Waals surface area contributed by atoms with Crippen molar-refractivity contribution >= 4 is 9.73 Å². The molecule has 3 rings (SSSR count). The average Bonchev–Trinajstić information content (AvgIpc) is 2.75. The fraction of sp³-hybridized carbons (Fsp3) is 0.391. The van der Waals surface area contributed by atoms with Gasteiger partial charge in [-0.05, 0) is 36.5 Å². The number of hydrogen-bond donors (Lipinski definition) is 1. The predicted molar refractivity (Wildman–Crippen MR) is 112 cm³/mol. The lowest BCUT2D eigenvalue weighted by atomic mass is 9.88. The van der Waals surface area contributed by atoms with Crippen molar-refractivity contribution in [3.8, 4) is 0 Å². The molecule has 2 aromatic rings. The van der Waals surface area contributed by atoms with E-state index in [1.807, 2.05) is 66.7 Å². The molecule has 1 saturated carbocycles. The molecule has 27 heavy (non-hydrogen) atoms. The number of nitrogens with zero attached hydrogens (tertiary/aromatic N) is 1. The van der Waals surface area contributed by atoms with Crippen molar-refractivity contribution in [1.29, 1.82) is 0 Å². The standard InChI is InChI=1S/C23H29NO2S/c1-24-27(26,21-15-9-4-10-16-21)22(18-17-19-11-5-2-6-12-19)23(25)20-13-7-3-8-14-20/h3-4,7-10,13-19,22-23,25H,2,5-6,11-12H2,1H3/b18-17+/t22-,23-,27?/m1/s1. The molecule has 1 unspecified atom stereocenters. The van der Waals surface area contributed by atoms with Crippen LogP contribution in [0.1, 0.15) is 43.8 Å². The van der Waals surface area contributed by atoms with Crippen LogP contribution in [0.4, 0.5) is 0 Å². The first-order chi connectivity index (χ1) is 13.1. The quantitative estimate of drug-likeness (QED) is 0.681. The van der Waals surface area contributed by atoms with Gasteiger partial charge >= 0.3 is 0 Å². The summed E-state index contributed by atoms with van der Waals surface area (Å²) in [7, 11) is -1.21. The molecule has 1 aliphatic rings. The Labute approximate surface area is 163 Å². The SMILES string of the molecule is CN=S(=O)(c1ccccc1)[C@H](/C=C/C1CCCCC1)[C@H](O)c1ccccc1. The Hall–Kier alpha value is -1.91. The molecule has 0 bridgehead atoms. The number of allylic oxidation sites excluding steroid dienone is 1. The number of rotatable bonds is 6. The molecular formula is C23H29NO2S. The molecule has 144 valence electrons. The Morgan fingerprint density at radius 1 is 1.00 bits per heavy atom. The highest BCUT2D eigenvalue weighted by Gasteiger charge is 2.31. The first-order valence-electron chi connectivity index (χ1n) is 9.75. The van der Waals surface area contributed by atoms with E-state index in [4.69, 9.17) is 0 Å². The smallest absolute Gasteiger partial charge is 0.0980 e. The van der Waals surface area contributed by atoms with Gasteiger partial charge in [-0.3, -0.25) is 0 Å². The van der Waals surface area contributed by atoms with Crippen molar-refractivity contribution in [2.75, 3.05) is 7.05 Å². The summed E-state index contributed by atoms with van der Waals surface area (Å²) >= 11 is 0. The first kappa shape index (κ1) is 19.8. The zero-order chi connectivity index (χ0) is 19.1. The van der Waals surface area contributed by atoms with Crippen LogP contribution >= 0.6 is 0 Å². The Kier molecular flexibility index (Phi) is 6.86. The number of hydrogen-bond acceptors (Lipinski definition) is 3.